The van der Waals surface area contributed by atoms with Crippen molar-refractivity contribution < 1.29 is 5.11 Å². The van der Waals surface area contributed by atoms with Crippen molar-refractivity contribution in [3.63, 3.8) is 0 Å². The maximum Gasteiger partial charge on any atom is 0.149 e. The second-order valence-electron chi connectivity index (χ2n) is 6.05. The fourth-order valence-corrected chi connectivity index (χ4v) is 3.68. The molecule has 0 radical (unpaired) electrons. The molecule has 110 valence electrons. The Labute approximate surface area is 124 Å². The number of aromatic hydroxyl groups is 1. The molecule has 5 nitrogen and oxygen atoms in total. The van der Waals surface area contributed by atoms with E-state index >= 15 is 0 Å². The maximum atomic E-state index is 9.94. The Bertz CT molecular complexity index is 679. The van der Waals surface area contributed by atoms with Crippen LogP contribution in [0, 0.1) is 0 Å². The highest BCUT2D eigenvalue weighted by atomic mass is 16.3. The lowest BCUT2D eigenvalue weighted by atomic mass is 10.1. The molecule has 1 aromatic carbocycles. The number of phenolic OH excluding ortho intramolecular Hbond substituents is 1. The van der Waals surface area contributed by atoms with Gasteiger partial charge < -0.3 is 15.0 Å². The van der Waals surface area contributed by atoms with Crippen molar-refractivity contribution in [2.45, 2.75) is 51.2 Å². The molecule has 4 rings (SSSR count). The molecule has 0 spiro atoms. The van der Waals surface area contributed by atoms with Gasteiger partial charge in [0.25, 0.3) is 0 Å². The van der Waals surface area contributed by atoms with Gasteiger partial charge in [-0.1, -0.05) is 12.1 Å². The third kappa shape index (κ3) is 2.03. The maximum absolute atomic E-state index is 9.94. The lowest BCUT2D eigenvalue weighted by Crippen LogP contribution is -2.25. The van der Waals surface area contributed by atoms with Crippen LogP contribution in [0.1, 0.15) is 54.6 Å². The third-order valence-corrected chi connectivity index (χ3v) is 4.72. The van der Waals surface area contributed by atoms with Crippen LogP contribution in [0.25, 0.3) is 0 Å². The second kappa shape index (κ2) is 4.84. The molecule has 2 aliphatic rings. The number of rotatable bonds is 3. The number of hydrogen-bond acceptors (Lipinski definition) is 4. The number of phenols is 1. The summed E-state index contributed by atoms with van der Waals surface area (Å²) >= 11 is 0. The molecular weight excluding hydrogens is 264 g/mol. The molecule has 0 saturated heterocycles. The number of nitrogens with zero attached hydrogens (tertiary/aromatic N) is 3. The van der Waals surface area contributed by atoms with Crippen LogP contribution in [0.4, 0.5) is 0 Å². The van der Waals surface area contributed by atoms with Crippen LogP contribution in [-0.2, 0) is 19.4 Å². The van der Waals surface area contributed by atoms with Gasteiger partial charge >= 0.3 is 0 Å². The number of hydrogen-bond donors (Lipinski definition) is 2. The second-order valence-corrected chi connectivity index (χ2v) is 6.05. The van der Waals surface area contributed by atoms with Gasteiger partial charge in [0.05, 0.1) is 6.04 Å². The molecule has 5 heteroatoms. The normalized spacial score (nSPS) is 21.3. The number of fused-ring (bicyclic) bond motifs is 2. The van der Waals surface area contributed by atoms with Crippen molar-refractivity contribution in [2.24, 2.45) is 0 Å². The molecule has 2 N–H and O–H groups in total. The molecule has 0 fully saturated rings. The van der Waals surface area contributed by atoms with E-state index in [1.807, 2.05) is 6.07 Å². The highest BCUT2D eigenvalue weighted by molar-refractivity contribution is 5.44. The molecule has 1 aromatic heterocycles. The third-order valence-electron chi connectivity index (χ3n) is 4.72. The van der Waals surface area contributed by atoms with Crippen molar-refractivity contribution in [1.29, 1.82) is 0 Å². The van der Waals surface area contributed by atoms with Gasteiger partial charge in [-0.05, 0) is 43.4 Å². The van der Waals surface area contributed by atoms with Gasteiger partial charge in [-0.3, -0.25) is 0 Å². The molecule has 0 amide bonds. The van der Waals surface area contributed by atoms with E-state index in [1.54, 1.807) is 6.07 Å². The SMILES string of the molecule is CC(NC1CCc2c(O)cccc21)c1nnc2n1CCC2. The quantitative estimate of drug-likeness (QED) is 0.907. The Morgan fingerprint density at radius 2 is 2.24 bits per heavy atom. The van der Waals surface area contributed by atoms with Crippen molar-refractivity contribution >= 4 is 0 Å². The number of benzene rings is 1. The van der Waals surface area contributed by atoms with Crippen LogP contribution in [0.15, 0.2) is 18.2 Å². The first kappa shape index (κ1) is 12.8. The molecular formula is C16H20N4O. The monoisotopic (exact) mass is 284 g/mol. The summed E-state index contributed by atoms with van der Waals surface area (Å²) in [7, 11) is 0. The van der Waals surface area contributed by atoms with E-state index in [2.05, 4.69) is 33.1 Å². The standard InChI is InChI=1S/C16H20N4O/c1-10(16-19-18-15-6-3-9-20(15)16)17-13-8-7-12-11(13)4-2-5-14(12)21/h2,4-5,10,13,17,21H,3,6-9H2,1H3. The molecule has 0 saturated carbocycles. The van der Waals surface area contributed by atoms with Gasteiger partial charge in [0, 0.05) is 19.0 Å². The van der Waals surface area contributed by atoms with Crippen LogP contribution in [0.3, 0.4) is 0 Å². The van der Waals surface area contributed by atoms with E-state index in [0.29, 0.717) is 5.75 Å². The van der Waals surface area contributed by atoms with Gasteiger partial charge in [-0.15, -0.1) is 10.2 Å². The number of nitrogens with one attached hydrogen (secondary N) is 1. The average Bonchev–Trinajstić information content (AvgIpc) is 3.14. The summed E-state index contributed by atoms with van der Waals surface area (Å²) < 4.78 is 2.25. The van der Waals surface area contributed by atoms with Crippen molar-refractivity contribution in [3.8, 4) is 5.75 Å². The van der Waals surface area contributed by atoms with Crippen molar-refractivity contribution in [1.82, 2.24) is 20.1 Å². The molecule has 2 atom stereocenters. The van der Waals surface area contributed by atoms with E-state index in [-0.39, 0.29) is 12.1 Å². The number of aryl methyl sites for hydroxylation is 1. The average molecular weight is 284 g/mol. The summed E-state index contributed by atoms with van der Waals surface area (Å²) in [5.41, 5.74) is 2.32. The van der Waals surface area contributed by atoms with Gasteiger partial charge in [-0.2, -0.15) is 0 Å². The first-order valence-electron chi connectivity index (χ1n) is 7.73. The summed E-state index contributed by atoms with van der Waals surface area (Å²) in [6.07, 6.45) is 4.17. The van der Waals surface area contributed by atoms with E-state index in [1.165, 1.54) is 12.0 Å². The Kier molecular flexibility index (Phi) is 2.96. The Morgan fingerprint density at radius 3 is 3.14 bits per heavy atom. The first-order chi connectivity index (χ1) is 10.2. The summed E-state index contributed by atoms with van der Waals surface area (Å²) in [6, 6.07) is 6.27. The van der Waals surface area contributed by atoms with Crippen LogP contribution in [-0.4, -0.2) is 19.9 Å². The summed E-state index contributed by atoms with van der Waals surface area (Å²) in [5, 5.41) is 22.2. The van der Waals surface area contributed by atoms with Gasteiger partial charge in [0.2, 0.25) is 0 Å². The minimum absolute atomic E-state index is 0.169. The molecule has 1 aliphatic carbocycles. The molecule has 2 unspecified atom stereocenters. The lowest BCUT2D eigenvalue weighted by Gasteiger charge is -2.20. The predicted octanol–water partition coefficient (Wildman–Crippen LogP) is 2.27. The topological polar surface area (TPSA) is 63.0 Å². The van der Waals surface area contributed by atoms with Crippen LogP contribution in [0.2, 0.25) is 0 Å². The fourth-order valence-electron chi connectivity index (χ4n) is 3.68. The van der Waals surface area contributed by atoms with E-state index in [0.717, 1.165) is 43.0 Å². The smallest absolute Gasteiger partial charge is 0.149 e. The molecule has 0 bridgehead atoms. The highest BCUT2D eigenvalue weighted by Gasteiger charge is 2.28. The first-order valence-corrected chi connectivity index (χ1v) is 7.73. The van der Waals surface area contributed by atoms with Gasteiger partial charge in [-0.25, -0.2) is 0 Å². The van der Waals surface area contributed by atoms with Crippen LogP contribution < -0.4 is 5.32 Å². The van der Waals surface area contributed by atoms with Crippen molar-refractivity contribution in [3.05, 3.63) is 41.0 Å². The summed E-state index contributed by atoms with van der Waals surface area (Å²) in [5.74, 6) is 2.58. The zero-order valence-corrected chi connectivity index (χ0v) is 12.2. The zero-order chi connectivity index (χ0) is 14.4. The van der Waals surface area contributed by atoms with E-state index < -0.39 is 0 Å². The lowest BCUT2D eigenvalue weighted by molar-refractivity contribution is 0.437. The Morgan fingerprint density at radius 1 is 1.33 bits per heavy atom. The number of aromatic nitrogens is 3. The fraction of sp³-hybridized carbons (Fsp3) is 0.500. The summed E-state index contributed by atoms with van der Waals surface area (Å²) in [6.45, 7) is 3.18. The molecule has 2 heterocycles. The Hall–Kier alpha value is -1.88. The van der Waals surface area contributed by atoms with E-state index in [9.17, 15) is 5.11 Å². The van der Waals surface area contributed by atoms with Gasteiger partial charge in [0.15, 0.2) is 0 Å². The largest absolute Gasteiger partial charge is 0.508 e. The highest BCUT2D eigenvalue weighted by Crippen LogP contribution is 2.37. The Balaban J connectivity index is 1.56. The minimum Gasteiger partial charge on any atom is -0.508 e. The van der Waals surface area contributed by atoms with Crippen LogP contribution in [0.5, 0.6) is 5.75 Å². The predicted molar refractivity (Wildman–Crippen MR) is 79.1 cm³/mol. The molecule has 1 aliphatic heterocycles. The minimum atomic E-state index is 0.169. The van der Waals surface area contributed by atoms with E-state index in [4.69, 9.17) is 0 Å². The molecule has 21 heavy (non-hydrogen) atoms. The van der Waals surface area contributed by atoms with Crippen LogP contribution >= 0.6 is 0 Å². The van der Waals surface area contributed by atoms with Gasteiger partial charge in [0.1, 0.15) is 17.4 Å². The van der Waals surface area contributed by atoms with Crippen molar-refractivity contribution in [2.75, 3.05) is 0 Å². The summed E-state index contributed by atoms with van der Waals surface area (Å²) in [4.78, 5) is 0. The molecule has 2 aromatic rings. The zero-order valence-electron chi connectivity index (χ0n) is 12.2.